The zero-order chi connectivity index (χ0) is 39.3. The molecule has 0 aromatic carbocycles. The third-order valence-electron chi connectivity index (χ3n) is 9.59. The normalized spacial score (nSPS) is 22.8. The summed E-state index contributed by atoms with van der Waals surface area (Å²) >= 11 is 0. The van der Waals surface area contributed by atoms with Gasteiger partial charge in [0.15, 0.2) is 6.29 Å². The monoisotopic (exact) mass is 779 g/mol. The van der Waals surface area contributed by atoms with Crippen LogP contribution in [0.1, 0.15) is 155 Å². The molecule has 0 spiro atoms. The minimum absolute atomic E-state index is 0.237. The molecule has 1 amide bonds. The van der Waals surface area contributed by atoms with E-state index in [-0.39, 0.29) is 6.42 Å². The number of allylic oxidation sites excluding steroid dienone is 3. The predicted octanol–water partition coefficient (Wildman–Crippen LogP) is 5.57. The van der Waals surface area contributed by atoms with Crippen molar-refractivity contribution in [3.8, 4) is 0 Å². The molecular weight excluding hydrogens is 706 g/mol. The van der Waals surface area contributed by atoms with Crippen molar-refractivity contribution in [2.75, 3.05) is 13.2 Å². The molecule has 0 radical (unpaired) electrons. The molecular formula is C39H73NO12S. The smallest absolute Gasteiger partial charge is 0.394 e. The number of unbranched alkanes of at least 4 members (excludes halogenated alkanes) is 18. The molecule has 53 heavy (non-hydrogen) atoms. The largest absolute Gasteiger partial charge is 0.397 e. The Morgan fingerprint density at radius 2 is 1.26 bits per heavy atom. The van der Waals surface area contributed by atoms with Crippen LogP contribution >= 0.6 is 0 Å². The van der Waals surface area contributed by atoms with Gasteiger partial charge in [-0.25, -0.2) is 4.18 Å². The Bertz CT molecular complexity index is 1070. The average molecular weight is 780 g/mol. The Morgan fingerprint density at radius 3 is 1.81 bits per heavy atom. The van der Waals surface area contributed by atoms with Gasteiger partial charge in [0.2, 0.25) is 5.91 Å². The van der Waals surface area contributed by atoms with Crippen LogP contribution in [0.25, 0.3) is 0 Å². The van der Waals surface area contributed by atoms with Gasteiger partial charge in [0.25, 0.3) is 0 Å². The molecule has 1 aliphatic rings. The molecule has 0 aromatic heterocycles. The zero-order valence-corrected chi connectivity index (χ0v) is 33.3. The number of amides is 1. The summed E-state index contributed by atoms with van der Waals surface area (Å²) in [5.74, 6) is -0.717. The lowest BCUT2D eigenvalue weighted by Crippen LogP contribution is -2.61. The van der Waals surface area contributed by atoms with E-state index in [4.69, 9.17) is 14.0 Å². The van der Waals surface area contributed by atoms with Crippen LogP contribution in [0.2, 0.25) is 0 Å². The topological polar surface area (TPSA) is 212 Å². The molecule has 1 aliphatic heterocycles. The van der Waals surface area contributed by atoms with Crippen LogP contribution < -0.4 is 5.32 Å². The van der Waals surface area contributed by atoms with E-state index < -0.39 is 78.5 Å². The number of aliphatic hydroxyl groups is 5. The molecule has 1 saturated heterocycles. The van der Waals surface area contributed by atoms with Gasteiger partial charge in [-0.05, 0) is 32.1 Å². The molecule has 0 bridgehead atoms. The van der Waals surface area contributed by atoms with Crippen molar-refractivity contribution >= 4 is 16.3 Å². The first kappa shape index (κ1) is 49.6. The van der Waals surface area contributed by atoms with Gasteiger partial charge in [0.05, 0.1) is 25.4 Å². The maximum absolute atomic E-state index is 13.0. The van der Waals surface area contributed by atoms with E-state index in [0.29, 0.717) is 12.8 Å². The summed E-state index contributed by atoms with van der Waals surface area (Å²) in [5.41, 5.74) is 0. The molecule has 8 atom stereocenters. The number of carbonyl (C=O) groups excluding carboxylic acids is 1. The van der Waals surface area contributed by atoms with Gasteiger partial charge in [0.1, 0.15) is 30.5 Å². The quantitative estimate of drug-likeness (QED) is 0.0248. The summed E-state index contributed by atoms with van der Waals surface area (Å²) in [7, 11) is -5.11. The number of rotatable bonds is 33. The summed E-state index contributed by atoms with van der Waals surface area (Å²) < 4.78 is 47.2. The van der Waals surface area contributed by atoms with Crippen molar-refractivity contribution in [3.05, 3.63) is 24.3 Å². The molecule has 13 nitrogen and oxygen atoms in total. The zero-order valence-electron chi connectivity index (χ0n) is 32.4. The van der Waals surface area contributed by atoms with Crippen molar-refractivity contribution in [1.29, 1.82) is 0 Å². The van der Waals surface area contributed by atoms with Gasteiger partial charge in [-0.2, -0.15) is 8.42 Å². The minimum Gasteiger partial charge on any atom is -0.394 e. The number of ether oxygens (including phenoxy) is 2. The number of nitrogens with one attached hydrogen (secondary N) is 1. The van der Waals surface area contributed by atoms with Crippen LogP contribution in [0.5, 0.6) is 0 Å². The molecule has 8 unspecified atom stereocenters. The van der Waals surface area contributed by atoms with Crippen molar-refractivity contribution in [2.24, 2.45) is 0 Å². The SMILES string of the molecule is CCCCCCCCCCCC/C=C/CC/C=C/C(O)C(COC1OC(CO)C(O)C(OS(=O)(=O)O)C1O)NC(=O)C(O)CCCCCCCCCC. The number of hydrogen-bond donors (Lipinski definition) is 7. The van der Waals surface area contributed by atoms with E-state index in [9.17, 15) is 38.7 Å². The first-order valence-corrected chi connectivity index (χ1v) is 21.7. The maximum Gasteiger partial charge on any atom is 0.397 e. The van der Waals surface area contributed by atoms with E-state index >= 15 is 0 Å². The molecule has 1 rings (SSSR count). The Kier molecular flexibility index (Phi) is 28.7. The van der Waals surface area contributed by atoms with Crippen LogP contribution in [0.3, 0.4) is 0 Å². The highest BCUT2D eigenvalue weighted by molar-refractivity contribution is 7.80. The average Bonchev–Trinajstić information content (AvgIpc) is 3.12. The highest BCUT2D eigenvalue weighted by atomic mass is 32.3. The Hall–Kier alpha value is -1.46. The van der Waals surface area contributed by atoms with E-state index in [1.54, 1.807) is 6.08 Å². The molecule has 14 heteroatoms. The lowest BCUT2D eigenvalue weighted by Gasteiger charge is -2.41. The predicted molar refractivity (Wildman–Crippen MR) is 205 cm³/mol. The number of hydrogen-bond acceptors (Lipinski definition) is 11. The van der Waals surface area contributed by atoms with Gasteiger partial charge < -0.3 is 40.3 Å². The van der Waals surface area contributed by atoms with Gasteiger partial charge in [-0.15, -0.1) is 0 Å². The number of carbonyl (C=O) groups is 1. The van der Waals surface area contributed by atoms with Crippen molar-refractivity contribution in [3.63, 3.8) is 0 Å². The molecule has 0 aliphatic carbocycles. The first-order chi connectivity index (χ1) is 25.4. The lowest BCUT2D eigenvalue weighted by molar-refractivity contribution is -0.298. The third kappa shape index (κ3) is 23.9. The van der Waals surface area contributed by atoms with Crippen LogP contribution in [-0.2, 0) is 28.9 Å². The second kappa shape index (κ2) is 30.7. The fourth-order valence-electron chi connectivity index (χ4n) is 6.30. The molecule has 312 valence electrons. The lowest BCUT2D eigenvalue weighted by atomic mass is 9.99. The summed E-state index contributed by atoms with van der Waals surface area (Å²) in [5, 5.41) is 54.8. The summed E-state index contributed by atoms with van der Waals surface area (Å²) in [6.07, 6.45) is 20.1. The van der Waals surface area contributed by atoms with Gasteiger partial charge in [-0.3, -0.25) is 9.35 Å². The van der Waals surface area contributed by atoms with E-state index in [1.807, 2.05) is 0 Å². The summed E-state index contributed by atoms with van der Waals surface area (Å²) in [4.78, 5) is 13.0. The molecule has 7 N–H and O–H groups in total. The van der Waals surface area contributed by atoms with E-state index in [0.717, 1.165) is 38.5 Å². The second-order valence-corrected chi connectivity index (χ2v) is 15.4. The molecule has 0 saturated carbocycles. The van der Waals surface area contributed by atoms with Gasteiger partial charge >= 0.3 is 10.4 Å². The highest BCUT2D eigenvalue weighted by Gasteiger charge is 2.48. The van der Waals surface area contributed by atoms with Gasteiger partial charge in [0, 0.05) is 0 Å². The fraction of sp³-hybridized carbons (Fsp3) is 0.872. The fourth-order valence-corrected chi connectivity index (χ4v) is 6.81. The molecule has 0 aromatic rings. The second-order valence-electron chi connectivity index (χ2n) is 14.4. The van der Waals surface area contributed by atoms with Crippen molar-refractivity contribution in [2.45, 2.75) is 204 Å². The van der Waals surface area contributed by atoms with E-state index in [1.165, 1.54) is 89.5 Å². The minimum atomic E-state index is -5.11. The van der Waals surface area contributed by atoms with Crippen molar-refractivity contribution < 1.29 is 57.0 Å². The van der Waals surface area contributed by atoms with Crippen molar-refractivity contribution in [1.82, 2.24) is 5.32 Å². The highest BCUT2D eigenvalue weighted by Crippen LogP contribution is 2.26. The van der Waals surface area contributed by atoms with Crippen LogP contribution in [0, 0.1) is 0 Å². The Balaban J connectivity index is 2.69. The standard InChI is InChI=1S/C39H73NO12S/c1-3-5-7-9-11-13-14-15-16-17-18-19-20-22-23-25-27-32(42)31(40-38(46)33(43)28-26-24-21-12-10-8-6-4-2)30-50-39-36(45)37(52-53(47,48)49)35(44)34(29-41)51-39/h19-20,25,27,31-37,39,41-45H,3-18,21-24,26,28-30H2,1-2H3,(H,40,46)(H,47,48,49)/b20-19+,27-25+. The first-order valence-electron chi connectivity index (χ1n) is 20.3. The van der Waals surface area contributed by atoms with Gasteiger partial charge in [-0.1, -0.05) is 147 Å². The van der Waals surface area contributed by atoms with Crippen LogP contribution in [0.4, 0.5) is 0 Å². The molecule has 1 heterocycles. The summed E-state index contributed by atoms with van der Waals surface area (Å²) in [6.45, 7) is 3.12. The Labute approximate surface area is 319 Å². The van der Waals surface area contributed by atoms with E-state index in [2.05, 4.69) is 35.5 Å². The van der Waals surface area contributed by atoms with Crippen LogP contribution in [-0.4, -0.2) is 107 Å². The number of aliphatic hydroxyl groups excluding tert-OH is 5. The summed E-state index contributed by atoms with van der Waals surface area (Å²) in [6, 6.07) is -1.13. The van der Waals surface area contributed by atoms with Crippen LogP contribution in [0.15, 0.2) is 24.3 Å². The molecule has 1 fully saturated rings. The Morgan fingerprint density at radius 1 is 0.755 bits per heavy atom. The maximum atomic E-state index is 13.0. The third-order valence-corrected chi connectivity index (χ3v) is 10.1.